The number of hydrogen-bond donors (Lipinski definition) is 1. The molecule has 0 atom stereocenters. The van der Waals surface area contributed by atoms with Crippen molar-refractivity contribution in [2.75, 3.05) is 45.8 Å². The third-order valence-electron chi connectivity index (χ3n) is 5.30. The van der Waals surface area contributed by atoms with Gasteiger partial charge in [-0.3, -0.25) is 4.79 Å². The lowest BCUT2D eigenvalue weighted by Gasteiger charge is -2.33. The summed E-state index contributed by atoms with van der Waals surface area (Å²) in [5, 5.41) is 0. The summed E-state index contributed by atoms with van der Waals surface area (Å²) in [5.41, 5.74) is 1.52. The van der Waals surface area contributed by atoms with E-state index in [1.807, 2.05) is 0 Å². The summed E-state index contributed by atoms with van der Waals surface area (Å²) in [4.78, 5) is 20.2. The molecule has 0 bridgehead atoms. The molecule has 2 aliphatic rings. The van der Waals surface area contributed by atoms with Crippen LogP contribution >= 0.6 is 0 Å². The monoisotopic (exact) mass is 368 g/mol. The van der Waals surface area contributed by atoms with E-state index in [0.29, 0.717) is 43.1 Å². The predicted octanol–water partition coefficient (Wildman–Crippen LogP) is 1.19. The summed E-state index contributed by atoms with van der Waals surface area (Å²) >= 11 is 0. The number of aromatic amines is 1. The first-order valence-corrected chi connectivity index (χ1v) is 10.5. The van der Waals surface area contributed by atoms with Gasteiger partial charge in [0, 0.05) is 50.7 Å². The standard InChI is InChI=1S/C17H28N4O3S/c1-4-19-9-11-21(12-10-19)25(23,24)16-14(3)18-13(2)15(16)17(22)20-7-5-6-8-20/h18H,4-12H2,1-3H3. The number of H-pyrrole nitrogens is 1. The third-order valence-corrected chi connectivity index (χ3v) is 7.37. The van der Waals surface area contributed by atoms with Crippen LogP contribution < -0.4 is 0 Å². The number of aryl methyl sites for hydroxylation is 2. The topological polar surface area (TPSA) is 76.7 Å². The Bertz CT molecular complexity index is 742. The average Bonchev–Trinajstić information content (AvgIpc) is 3.22. The molecule has 2 fully saturated rings. The van der Waals surface area contributed by atoms with Crippen molar-refractivity contribution in [1.29, 1.82) is 0 Å². The summed E-state index contributed by atoms with van der Waals surface area (Å²) in [6.07, 6.45) is 1.96. The zero-order chi connectivity index (χ0) is 18.2. The van der Waals surface area contributed by atoms with Crippen LogP contribution in [-0.2, 0) is 10.0 Å². The number of nitrogens with zero attached hydrogens (tertiary/aromatic N) is 3. The Kier molecular flexibility index (Phi) is 5.22. The molecule has 0 spiro atoms. The van der Waals surface area contributed by atoms with Gasteiger partial charge < -0.3 is 14.8 Å². The van der Waals surface area contributed by atoms with E-state index in [9.17, 15) is 13.2 Å². The second kappa shape index (κ2) is 7.09. The van der Waals surface area contributed by atoms with Gasteiger partial charge >= 0.3 is 0 Å². The summed E-state index contributed by atoms with van der Waals surface area (Å²) in [6.45, 7) is 10.3. The maximum atomic E-state index is 13.3. The number of carbonyl (C=O) groups is 1. The summed E-state index contributed by atoms with van der Waals surface area (Å²) in [6, 6.07) is 0. The second-order valence-corrected chi connectivity index (χ2v) is 8.79. The lowest BCUT2D eigenvalue weighted by atomic mass is 10.2. The minimum atomic E-state index is -3.68. The minimum absolute atomic E-state index is 0.162. The fourth-order valence-electron chi connectivity index (χ4n) is 3.83. The Morgan fingerprint density at radius 2 is 1.60 bits per heavy atom. The normalized spacial score (nSPS) is 20.4. The van der Waals surface area contributed by atoms with Crippen LogP contribution in [0.1, 0.15) is 41.5 Å². The molecule has 3 heterocycles. The lowest BCUT2D eigenvalue weighted by molar-refractivity contribution is 0.0788. The Morgan fingerprint density at radius 1 is 1.00 bits per heavy atom. The highest BCUT2D eigenvalue weighted by Crippen LogP contribution is 2.29. The fraction of sp³-hybridized carbons (Fsp3) is 0.706. The first-order chi connectivity index (χ1) is 11.9. The Hall–Kier alpha value is -1.38. The van der Waals surface area contributed by atoms with E-state index in [-0.39, 0.29) is 10.8 Å². The number of piperazine rings is 1. The Labute approximate surface area is 150 Å². The summed E-state index contributed by atoms with van der Waals surface area (Å²) in [5.74, 6) is -0.162. The molecule has 3 rings (SSSR count). The number of amides is 1. The summed E-state index contributed by atoms with van der Waals surface area (Å²) in [7, 11) is -3.68. The molecule has 0 saturated carbocycles. The molecule has 0 radical (unpaired) electrons. The van der Waals surface area contributed by atoms with E-state index in [4.69, 9.17) is 0 Å². The van der Waals surface area contributed by atoms with Crippen LogP contribution in [0.5, 0.6) is 0 Å². The average molecular weight is 369 g/mol. The van der Waals surface area contributed by atoms with Crippen molar-refractivity contribution in [3.05, 3.63) is 17.0 Å². The first-order valence-electron chi connectivity index (χ1n) is 9.07. The molecule has 0 unspecified atom stereocenters. The molecule has 1 N–H and O–H groups in total. The van der Waals surface area contributed by atoms with Crippen LogP contribution in [0.4, 0.5) is 0 Å². The van der Waals surface area contributed by atoms with Crippen molar-refractivity contribution >= 4 is 15.9 Å². The SMILES string of the molecule is CCN1CCN(S(=O)(=O)c2c(C)[nH]c(C)c2C(=O)N2CCCC2)CC1. The number of likely N-dealkylation sites (tertiary alicyclic amines) is 1. The van der Waals surface area contributed by atoms with Gasteiger partial charge in [0.05, 0.1) is 5.56 Å². The van der Waals surface area contributed by atoms with Crippen LogP contribution in [0, 0.1) is 13.8 Å². The van der Waals surface area contributed by atoms with Gasteiger partial charge in [-0.25, -0.2) is 8.42 Å². The molecule has 2 saturated heterocycles. The maximum Gasteiger partial charge on any atom is 0.257 e. The second-order valence-electron chi connectivity index (χ2n) is 6.92. The van der Waals surface area contributed by atoms with Crippen LogP contribution in [0.3, 0.4) is 0 Å². The molecule has 1 amide bonds. The van der Waals surface area contributed by atoms with Crippen molar-refractivity contribution in [3.8, 4) is 0 Å². The van der Waals surface area contributed by atoms with E-state index in [1.165, 1.54) is 4.31 Å². The number of likely N-dealkylation sites (N-methyl/N-ethyl adjacent to an activating group) is 1. The number of nitrogens with one attached hydrogen (secondary N) is 1. The largest absolute Gasteiger partial charge is 0.361 e. The molecule has 0 aromatic carbocycles. The van der Waals surface area contributed by atoms with Crippen molar-refractivity contribution in [3.63, 3.8) is 0 Å². The van der Waals surface area contributed by atoms with E-state index in [0.717, 1.165) is 32.5 Å². The molecule has 1 aromatic heterocycles. The molecule has 7 nitrogen and oxygen atoms in total. The number of hydrogen-bond acceptors (Lipinski definition) is 4. The van der Waals surface area contributed by atoms with Gasteiger partial charge in [0.1, 0.15) is 4.90 Å². The highest BCUT2D eigenvalue weighted by molar-refractivity contribution is 7.89. The number of carbonyl (C=O) groups excluding carboxylic acids is 1. The number of aromatic nitrogens is 1. The molecule has 0 aliphatic carbocycles. The maximum absolute atomic E-state index is 13.3. The predicted molar refractivity (Wildman–Crippen MR) is 96.3 cm³/mol. The van der Waals surface area contributed by atoms with Gasteiger partial charge in [-0.2, -0.15) is 4.31 Å². The zero-order valence-corrected chi connectivity index (χ0v) is 16.2. The number of sulfonamides is 1. The van der Waals surface area contributed by atoms with Gasteiger partial charge in [0.15, 0.2) is 0 Å². The van der Waals surface area contributed by atoms with Crippen LogP contribution in [-0.4, -0.2) is 79.2 Å². The van der Waals surface area contributed by atoms with Crippen molar-refractivity contribution in [2.45, 2.75) is 38.5 Å². The van der Waals surface area contributed by atoms with Crippen molar-refractivity contribution in [2.24, 2.45) is 0 Å². The smallest absolute Gasteiger partial charge is 0.257 e. The molecule has 8 heteroatoms. The van der Waals surface area contributed by atoms with Gasteiger partial charge in [-0.05, 0) is 33.2 Å². The van der Waals surface area contributed by atoms with Gasteiger partial charge in [0.2, 0.25) is 10.0 Å². The molecular weight excluding hydrogens is 340 g/mol. The van der Waals surface area contributed by atoms with Crippen LogP contribution in [0.2, 0.25) is 0 Å². The van der Waals surface area contributed by atoms with Crippen molar-refractivity contribution in [1.82, 2.24) is 19.1 Å². The quantitative estimate of drug-likeness (QED) is 0.866. The Morgan fingerprint density at radius 3 is 2.16 bits per heavy atom. The third kappa shape index (κ3) is 3.35. The fourth-order valence-corrected chi connectivity index (χ4v) is 5.67. The first kappa shape index (κ1) is 18.4. The Balaban J connectivity index is 1.95. The molecule has 25 heavy (non-hydrogen) atoms. The lowest BCUT2D eigenvalue weighted by Crippen LogP contribution is -2.48. The van der Waals surface area contributed by atoms with E-state index in [2.05, 4.69) is 16.8 Å². The van der Waals surface area contributed by atoms with Gasteiger partial charge in [-0.1, -0.05) is 6.92 Å². The molecular formula is C17H28N4O3S. The van der Waals surface area contributed by atoms with Crippen LogP contribution in [0.15, 0.2) is 4.90 Å². The number of rotatable bonds is 4. The van der Waals surface area contributed by atoms with E-state index in [1.54, 1.807) is 18.7 Å². The molecule has 1 aromatic rings. The van der Waals surface area contributed by atoms with Crippen molar-refractivity contribution < 1.29 is 13.2 Å². The van der Waals surface area contributed by atoms with E-state index < -0.39 is 10.0 Å². The van der Waals surface area contributed by atoms with Crippen LogP contribution in [0.25, 0.3) is 0 Å². The highest BCUT2D eigenvalue weighted by atomic mass is 32.2. The summed E-state index contributed by atoms with van der Waals surface area (Å²) < 4.78 is 28.1. The molecule has 140 valence electrons. The van der Waals surface area contributed by atoms with Gasteiger partial charge in [0.25, 0.3) is 5.91 Å². The highest BCUT2D eigenvalue weighted by Gasteiger charge is 2.36. The zero-order valence-electron chi connectivity index (χ0n) is 15.3. The minimum Gasteiger partial charge on any atom is -0.361 e. The van der Waals surface area contributed by atoms with E-state index >= 15 is 0 Å². The molecule has 2 aliphatic heterocycles. The van der Waals surface area contributed by atoms with Gasteiger partial charge in [-0.15, -0.1) is 0 Å².